The van der Waals surface area contributed by atoms with Crippen LogP contribution < -0.4 is 5.73 Å². The summed E-state index contributed by atoms with van der Waals surface area (Å²) < 4.78 is 2.17. The van der Waals surface area contributed by atoms with Gasteiger partial charge in [-0.3, -0.25) is 0 Å². The number of hydrogen-bond donors (Lipinski definition) is 1. The van der Waals surface area contributed by atoms with Crippen molar-refractivity contribution >= 4 is 28.7 Å². The van der Waals surface area contributed by atoms with E-state index in [1.807, 2.05) is 11.8 Å². The van der Waals surface area contributed by atoms with Gasteiger partial charge in [0.15, 0.2) is 0 Å². The third-order valence-corrected chi connectivity index (χ3v) is 3.79. The average molecular weight is 249 g/mol. The van der Waals surface area contributed by atoms with Crippen LogP contribution in [0.2, 0.25) is 0 Å². The van der Waals surface area contributed by atoms with E-state index in [-0.39, 0.29) is 0 Å². The van der Waals surface area contributed by atoms with Gasteiger partial charge in [0.2, 0.25) is 5.95 Å². The molecule has 1 heterocycles. The van der Waals surface area contributed by atoms with Crippen molar-refractivity contribution in [2.24, 2.45) is 0 Å². The van der Waals surface area contributed by atoms with Gasteiger partial charge in [0.1, 0.15) is 0 Å². The largest absolute Gasteiger partial charge is 0.369 e. The van der Waals surface area contributed by atoms with Crippen molar-refractivity contribution in [3.05, 3.63) is 23.8 Å². The number of nitrogen functional groups attached to an aromatic ring is 1. The molecule has 0 bridgehead atoms. The second-order valence-electron chi connectivity index (χ2n) is 4.35. The van der Waals surface area contributed by atoms with Crippen molar-refractivity contribution in [1.82, 2.24) is 9.55 Å². The molecule has 0 radical (unpaired) electrons. The second-order valence-corrected chi connectivity index (χ2v) is 5.26. The SMILES string of the molecule is CCC(CSC)n1c(N)nc2cc(C)ccc21. The van der Waals surface area contributed by atoms with E-state index in [1.165, 1.54) is 5.56 Å². The zero-order chi connectivity index (χ0) is 12.4. The first kappa shape index (κ1) is 12.3. The number of rotatable bonds is 4. The molecule has 2 rings (SSSR count). The third kappa shape index (κ3) is 2.27. The fraction of sp³-hybridized carbons (Fsp3) is 0.462. The number of aromatic nitrogens is 2. The summed E-state index contributed by atoms with van der Waals surface area (Å²) in [5, 5.41) is 0. The lowest BCUT2D eigenvalue weighted by Gasteiger charge is -2.17. The number of anilines is 1. The first-order valence-electron chi connectivity index (χ1n) is 5.90. The molecule has 2 aromatic rings. The molecule has 3 nitrogen and oxygen atoms in total. The molecule has 1 aromatic heterocycles. The number of nitrogens with two attached hydrogens (primary N) is 1. The van der Waals surface area contributed by atoms with Gasteiger partial charge in [-0.2, -0.15) is 11.8 Å². The first-order valence-corrected chi connectivity index (χ1v) is 7.29. The summed E-state index contributed by atoms with van der Waals surface area (Å²) >= 11 is 1.85. The molecule has 1 unspecified atom stereocenters. The molecule has 0 saturated carbocycles. The van der Waals surface area contributed by atoms with E-state index in [2.05, 4.69) is 47.9 Å². The van der Waals surface area contributed by atoms with Crippen LogP contribution in [0.1, 0.15) is 24.9 Å². The van der Waals surface area contributed by atoms with Crippen LogP contribution in [-0.2, 0) is 0 Å². The van der Waals surface area contributed by atoms with E-state index in [4.69, 9.17) is 5.73 Å². The maximum absolute atomic E-state index is 6.05. The minimum Gasteiger partial charge on any atom is -0.369 e. The molecule has 92 valence electrons. The Balaban J connectivity index is 2.55. The second kappa shape index (κ2) is 5.00. The van der Waals surface area contributed by atoms with E-state index < -0.39 is 0 Å². The van der Waals surface area contributed by atoms with Crippen LogP contribution in [0.4, 0.5) is 5.95 Å². The van der Waals surface area contributed by atoms with Gasteiger partial charge in [0.25, 0.3) is 0 Å². The van der Waals surface area contributed by atoms with Gasteiger partial charge >= 0.3 is 0 Å². The molecular weight excluding hydrogens is 230 g/mol. The summed E-state index contributed by atoms with van der Waals surface area (Å²) in [5.74, 6) is 1.70. The molecule has 0 aliphatic carbocycles. The van der Waals surface area contributed by atoms with E-state index in [0.717, 1.165) is 23.2 Å². The predicted molar refractivity (Wildman–Crippen MR) is 76.6 cm³/mol. The number of aryl methyl sites for hydroxylation is 1. The average Bonchev–Trinajstić information content (AvgIpc) is 2.61. The van der Waals surface area contributed by atoms with Gasteiger partial charge in [-0.25, -0.2) is 4.98 Å². The zero-order valence-electron chi connectivity index (χ0n) is 10.6. The first-order chi connectivity index (χ1) is 8.17. The lowest BCUT2D eigenvalue weighted by atomic mass is 10.2. The molecule has 2 N–H and O–H groups in total. The van der Waals surface area contributed by atoms with Crippen LogP contribution in [0.25, 0.3) is 11.0 Å². The predicted octanol–water partition coefficient (Wildman–Crippen LogP) is 3.24. The lowest BCUT2D eigenvalue weighted by Crippen LogP contribution is -2.13. The number of hydrogen-bond acceptors (Lipinski definition) is 3. The highest BCUT2D eigenvalue weighted by Crippen LogP contribution is 2.27. The quantitative estimate of drug-likeness (QED) is 0.904. The minimum absolute atomic E-state index is 0.428. The van der Waals surface area contributed by atoms with Crippen molar-refractivity contribution < 1.29 is 0 Å². The van der Waals surface area contributed by atoms with Gasteiger partial charge < -0.3 is 10.3 Å². The summed E-state index contributed by atoms with van der Waals surface area (Å²) in [6, 6.07) is 6.76. The summed E-state index contributed by atoms with van der Waals surface area (Å²) in [6.45, 7) is 4.27. The number of fused-ring (bicyclic) bond motifs is 1. The van der Waals surface area contributed by atoms with Crippen LogP contribution in [0, 0.1) is 6.92 Å². The molecular formula is C13H19N3S. The summed E-state index contributed by atoms with van der Waals surface area (Å²) in [6.07, 6.45) is 3.20. The molecule has 0 aliphatic heterocycles. The maximum atomic E-state index is 6.05. The van der Waals surface area contributed by atoms with Gasteiger partial charge in [0, 0.05) is 11.8 Å². The van der Waals surface area contributed by atoms with E-state index in [1.54, 1.807) is 0 Å². The fourth-order valence-electron chi connectivity index (χ4n) is 2.18. The molecule has 0 aliphatic rings. The zero-order valence-corrected chi connectivity index (χ0v) is 11.4. The van der Waals surface area contributed by atoms with Crippen molar-refractivity contribution in [2.75, 3.05) is 17.7 Å². The smallest absolute Gasteiger partial charge is 0.201 e. The van der Waals surface area contributed by atoms with E-state index in [9.17, 15) is 0 Å². The normalized spacial score (nSPS) is 13.1. The molecule has 0 amide bonds. The van der Waals surface area contributed by atoms with Crippen LogP contribution in [0.15, 0.2) is 18.2 Å². The molecule has 1 aromatic carbocycles. The fourth-order valence-corrected chi connectivity index (χ4v) is 2.95. The van der Waals surface area contributed by atoms with Crippen LogP contribution in [-0.4, -0.2) is 21.6 Å². The Hall–Kier alpha value is -1.16. The highest BCUT2D eigenvalue weighted by molar-refractivity contribution is 7.98. The van der Waals surface area contributed by atoms with Crippen molar-refractivity contribution in [1.29, 1.82) is 0 Å². The molecule has 1 atom stereocenters. The van der Waals surface area contributed by atoms with Crippen LogP contribution in [0.3, 0.4) is 0 Å². The Morgan fingerprint density at radius 2 is 2.24 bits per heavy atom. The Labute approximate surface area is 106 Å². The lowest BCUT2D eigenvalue weighted by molar-refractivity contribution is 0.561. The number of nitrogens with zero attached hydrogens (tertiary/aromatic N) is 2. The van der Waals surface area contributed by atoms with Crippen molar-refractivity contribution in [3.8, 4) is 0 Å². The van der Waals surface area contributed by atoms with Gasteiger partial charge in [-0.1, -0.05) is 13.0 Å². The molecule has 0 spiro atoms. The number of imidazole rings is 1. The number of thioether (sulfide) groups is 1. The van der Waals surface area contributed by atoms with Gasteiger partial charge in [-0.15, -0.1) is 0 Å². The Morgan fingerprint density at radius 3 is 2.88 bits per heavy atom. The topological polar surface area (TPSA) is 43.8 Å². The Bertz CT molecular complexity index is 519. The summed E-state index contributed by atoms with van der Waals surface area (Å²) in [7, 11) is 0. The van der Waals surface area contributed by atoms with Crippen molar-refractivity contribution in [3.63, 3.8) is 0 Å². The van der Waals surface area contributed by atoms with Crippen LogP contribution in [0.5, 0.6) is 0 Å². The monoisotopic (exact) mass is 249 g/mol. The molecule has 4 heteroatoms. The molecule has 17 heavy (non-hydrogen) atoms. The minimum atomic E-state index is 0.428. The third-order valence-electron chi connectivity index (χ3n) is 3.07. The molecule has 0 fully saturated rings. The Morgan fingerprint density at radius 1 is 1.47 bits per heavy atom. The summed E-state index contributed by atoms with van der Waals surface area (Å²) in [5.41, 5.74) is 9.42. The Kier molecular flexibility index (Phi) is 3.62. The summed E-state index contributed by atoms with van der Waals surface area (Å²) in [4.78, 5) is 4.46. The molecule has 0 saturated heterocycles. The highest BCUT2D eigenvalue weighted by atomic mass is 32.2. The van der Waals surface area contributed by atoms with E-state index in [0.29, 0.717) is 12.0 Å². The number of benzene rings is 1. The maximum Gasteiger partial charge on any atom is 0.201 e. The van der Waals surface area contributed by atoms with Gasteiger partial charge in [-0.05, 0) is 37.3 Å². The van der Waals surface area contributed by atoms with Crippen LogP contribution >= 0.6 is 11.8 Å². The van der Waals surface area contributed by atoms with Gasteiger partial charge in [0.05, 0.1) is 11.0 Å². The standard InChI is InChI=1S/C13H19N3S/c1-4-10(8-17-3)16-12-6-5-9(2)7-11(12)15-13(16)14/h5-7,10H,4,8H2,1-3H3,(H2,14,15). The van der Waals surface area contributed by atoms with Crippen molar-refractivity contribution in [2.45, 2.75) is 26.3 Å². The highest BCUT2D eigenvalue weighted by Gasteiger charge is 2.15. The van der Waals surface area contributed by atoms with E-state index >= 15 is 0 Å².